The van der Waals surface area contributed by atoms with Crippen LogP contribution in [0.1, 0.15) is 21.5 Å². The van der Waals surface area contributed by atoms with E-state index in [1.54, 1.807) is 18.3 Å². The first-order valence-electron chi connectivity index (χ1n) is 8.03. The zero-order valence-corrected chi connectivity index (χ0v) is 14.8. The van der Waals surface area contributed by atoms with Gasteiger partial charge in [0.15, 0.2) is 0 Å². The van der Waals surface area contributed by atoms with Gasteiger partial charge >= 0.3 is 0 Å². The summed E-state index contributed by atoms with van der Waals surface area (Å²) in [6, 6.07) is 15.5. The Morgan fingerprint density at radius 3 is 2.62 bits per heavy atom. The molecule has 132 valence electrons. The smallest absolute Gasteiger partial charge is 0.255 e. The highest BCUT2D eigenvalue weighted by molar-refractivity contribution is 6.31. The SMILES string of the molecule is Cc1ccc(CNc2cc(C(=O)Nc3ccc(F)c(Cl)c3)ccn2)cc1. The maximum atomic E-state index is 13.2. The Hall–Kier alpha value is -2.92. The molecule has 0 saturated heterocycles. The van der Waals surface area contributed by atoms with Gasteiger partial charge in [0.2, 0.25) is 0 Å². The first-order valence-corrected chi connectivity index (χ1v) is 8.41. The third kappa shape index (κ3) is 4.58. The zero-order chi connectivity index (χ0) is 18.5. The Morgan fingerprint density at radius 1 is 1.12 bits per heavy atom. The Kier molecular flexibility index (Phi) is 5.49. The number of nitrogens with zero attached hydrogens (tertiary/aromatic N) is 1. The maximum Gasteiger partial charge on any atom is 0.255 e. The minimum atomic E-state index is -0.531. The van der Waals surface area contributed by atoms with Crippen LogP contribution in [0.5, 0.6) is 0 Å². The number of nitrogens with one attached hydrogen (secondary N) is 2. The van der Waals surface area contributed by atoms with E-state index in [0.717, 1.165) is 5.56 Å². The number of carbonyl (C=O) groups is 1. The van der Waals surface area contributed by atoms with Crippen molar-refractivity contribution in [2.24, 2.45) is 0 Å². The Morgan fingerprint density at radius 2 is 1.88 bits per heavy atom. The maximum absolute atomic E-state index is 13.2. The molecule has 3 rings (SSSR count). The Labute approximate surface area is 156 Å². The van der Waals surface area contributed by atoms with Gasteiger partial charge in [-0.1, -0.05) is 41.4 Å². The number of anilines is 2. The molecule has 0 unspecified atom stereocenters. The lowest BCUT2D eigenvalue weighted by Crippen LogP contribution is -2.13. The molecule has 4 nitrogen and oxygen atoms in total. The van der Waals surface area contributed by atoms with Crippen LogP contribution in [0.2, 0.25) is 5.02 Å². The predicted molar refractivity (Wildman–Crippen MR) is 102 cm³/mol. The van der Waals surface area contributed by atoms with Gasteiger partial charge in [0.25, 0.3) is 5.91 Å². The number of amides is 1. The number of rotatable bonds is 5. The average Bonchev–Trinajstić information content (AvgIpc) is 2.64. The van der Waals surface area contributed by atoms with Gasteiger partial charge in [0.1, 0.15) is 11.6 Å². The van der Waals surface area contributed by atoms with E-state index in [9.17, 15) is 9.18 Å². The van der Waals surface area contributed by atoms with Gasteiger partial charge in [-0.15, -0.1) is 0 Å². The monoisotopic (exact) mass is 369 g/mol. The summed E-state index contributed by atoms with van der Waals surface area (Å²) in [6.07, 6.45) is 1.56. The molecule has 1 heterocycles. The molecule has 0 aliphatic rings. The summed E-state index contributed by atoms with van der Waals surface area (Å²) in [5.74, 6) is -0.264. The molecule has 0 aliphatic heterocycles. The predicted octanol–water partition coefficient (Wildman–Crippen LogP) is 5.05. The van der Waals surface area contributed by atoms with Crippen molar-refractivity contribution in [3.8, 4) is 0 Å². The summed E-state index contributed by atoms with van der Waals surface area (Å²) >= 11 is 5.73. The number of pyridine rings is 1. The van der Waals surface area contributed by atoms with Crippen molar-refractivity contribution in [2.45, 2.75) is 13.5 Å². The molecule has 1 aromatic heterocycles. The fourth-order valence-corrected chi connectivity index (χ4v) is 2.52. The van der Waals surface area contributed by atoms with E-state index in [2.05, 4.69) is 15.6 Å². The lowest BCUT2D eigenvalue weighted by molar-refractivity contribution is 0.102. The van der Waals surface area contributed by atoms with Gasteiger partial charge in [0, 0.05) is 24.0 Å². The molecule has 3 aromatic rings. The summed E-state index contributed by atoms with van der Waals surface area (Å²) in [7, 11) is 0. The highest BCUT2D eigenvalue weighted by Crippen LogP contribution is 2.20. The first kappa shape index (κ1) is 17.9. The van der Waals surface area contributed by atoms with Gasteiger partial charge in [-0.3, -0.25) is 4.79 Å². The molecule has 0 atom stereocenters. The van der Waals surface area contributed by atoms with Crippen molar-refractivity contribution in [1.29, 1.82) is 0 Å². The molecule has 0 saturated carbocycles. The van der Waals surface area contributed by atoms with Crippen molar-refractivity contribution in [1.82, 2.24) is 4.98 Å². The van der Waals surface area contributed by atoms with Gasteiger partial charge in [-0.25, -0.2) is 9.37 Å². The minimum Gasteiger partial charge on any atom is -0.366 e. The number of hydrogen-bond donors (Lipinski definition) is 2. The molecule has 0 spiro atoms. The normalized spacial score (nSPS) is 10.4. The summed E-state index contributed by atoms with van der Waals surface area (Å²) in [6.45, 7) is 2.64. The number of aryl methyl sites for hydroxylation is 1. The van der Waals surface area contributed by atoms with Crippen molar-refractivity contribution < 1.29 is 9.18 Å². The summed E-state index contributed by atoms with van der Waals surface area (Å²) in [4.78, 5) is 16.6. The fourth-order valence-electron chi connectivity index (χ4n) is 2.34. The van der Waals surface area contributed by atoms with Gasteiger partial charge in [-0.05, 0) is 42.8 Å². The number of aromatic nitrogens is 1. The second-order valence-electron chi connectivity index (χ2n) is 5.85. The number of halogens is 2. The molecule has 2 aromatic carbocycles. The Bertz CT molecular complexity index is 929. The van der Waals surface area contributed by atoms with E-state index in [-0.39, 0.29) is 10.9 Å². The lowest BCUT2D eigenvalue weighted by atomic mass is 10.1. The van der Waals surface area contributed by atoms with Gasteiger partial charge in [0.05, 0.1) is 5.02 Å². The van der Waals surface area contributed by atoms with E-state index in [4.69, 9.17) is 11.6 Å². The second-order valence-corrected chi connectivity index (χ2v) is 6.26. The van der Waals surface area contributed by atoms with E-state index in [1.165, 1.54) is 23.8 Å². The third-order valence-electron chi connectivity index (χ3n) is 3.79. The second kappa shape index (κ2) is 7.97. The van der Waals surface area contributed by atoms with E-state index < -0.39 is 5.82 Å². The van der Waals surface area contributed by atoms with Crippen LogP contribution < -0.4 is 10.6 Å². The molecule has 6 heteroatoms. The van der Waals surface area contributed by atoms with Crippen LogP contribution in [0.15, 0.2) is 60.8 Å². The van der Waals surface area contributed by atoms with Crippen LogP contribution >= 0.6 is 11.6 Å². The quantitative estimate of drug-likeness (QED) is 0.662. The van der Waals surface area contributed by atoms with Crippen LogP contribution in [-0.4, -0.2) is 10.9 Å². The number of carbonyl (C=O) groups excluding carboxylic acids is 1. The van der Waals surface area contributed by atoms with E-state index in [0.29, 0.717) is 23.6 Å². The van der Waals surface area contributed by atoms with Crippen LogP contribution in [0.3, 0.4) is 0 Å². The summed E-state index contributed by atoms with van der Waals surface area (Å²) in [5, 5.41) is 5.84. The average molecular weight is 370 g/mol. The highest BCUT2D eigenvalue weighted by Gasteiger charge is 2.09. The molecule has 0 fully saturated rings. The van der Waals surface area contributed by atoms with Crippen molar-refractivity contribution in [2.75, 3.05) is 10.6 Å². The topological polar surface area (TPSA) is 54.0 Å². The van der Waals surface area contributed by atoms with Crippen LogP contribution in [0.25, 0.3) is 0 Å². The van der Waals surface area contributed by atoms with E-state index >= 15 is 0 Å². The largest absolute Gasteiger partial charge is 0.366 e. The molecule has 0 radical (unpaired) electrons. The van der Waals surface area contributed by atoms with Crippen molar-refractivity contribution >= 4 is 29.0 Å². The third-order valence-corrected chi connectivity index (χ3v) is 4.08. The molecular formula is C20H17ClFN3O. The molecular weight excluding hydrogens is 353 g/mol. The molecule has 0 aliphatic carbocycles. The fraction of sp³-hybridized carbons (Fsp3) is 0.100. The molecule has 2 N–H and O–H groups in total. The van der Waals surface area contributed by atoms with Gasteiger partial charge < -0.3 is 10.6 Å². The summed E-state index contributed by atoms with van der Waals surface area (Å²) in [5.41, 5.74) is 3.18. The number of benzene rings is 2. The molecule has 1 amide bonds. The highest BCUT2D eigenvalue weighted by atomic mass is 35.5. The van der Waals surface area contributed by atoms with Crippen molar-refractivity contribution in [3.05, 3.63) is 88.3 Å². The first-order chi connectivity index (χ1) is 12.5. The molecule has 0 bridgehead atoms. The van der Waals surface area contributed by atoms with Crippen molar-refractivity contribution in [3.63, 3.8) is 0 Å². The van der Waals surface area contributed by atoms with E-state index in [1.807, 2.05) is 31.2 Å². The van der Waals surface area contributed by atoms with Crippen LogP contribution in [0.4, 0.5) is 15.9 Å². The Balaban J connectivity index is 1.66. The minimum absolute atomic E-state index is 0.0435. The molecule has 26 heavy (non-hydrogen) atoms. The lowest BCUT2D eigenvalue weighted by Gasteiger charge is -2.09. The summed E-state index contributed by atoms with van der Waals surface area (Å²) < 4.78 is 13.2. The zero-order valence-electron chi connectivity index (χ0n) is 14.1. The van der Waals surface area contributed by atoms with Crippen LogP contribution in [-0.2, 0) is 6.54 Å². The van der Waals surface area contributed by atoms with Gasteiger partial charge in [-0.2, -0.15) is 0 Å². The number of hydrogen-bond acceptors (Lipinski definition) is 3. The standard InChI is InChI=1S/C20H17ClFN3O/c1-13-2-4-14(5-3-13)12-24-19-10-15(8-9-23-19)20(26)25-16-6-7-18(22)17(21)11-16/h2-11H,12H2,1H3,(H,23,24)(H,25,26). The van der Waals surface area contributed by atoms with Crippen LogP contribution in [0, 0.1) is 12.7 Å².